The smallest absolute Gasteiger partial charge is 0.308 e. The molecule has 2 atom stereocenters. The number of carboxylic acids is 1. The molecule has 0 bridgehead atoms. The van der Waals surface area contributed by atoms with Crippen LogP contribution in [0.15, 0.2) is 35.7 Å². The first kappa shape index (κ1) is 14.7. The molecule has 0 aliphatic carbocycles. The quantitative estimate of drug-likeness (QED) is 0.917. The number of benzene rings is 1. The summed E-state index contributed by atoms with van der Waals surface area (Å²) in [5, 5.41) is 9.07. The summed E-state index contributed by atoms with van der Waals surface area (Å²) < 4.78 is 26.2. The molecule has 0 amide bonds. The zero-order valence-electron chi connectivity index (χ0n) is 11.2. The average Bonchev–Trinajstić information content (AvgIpc) is 2.82. The van der Waals surface area contributed by atoms with Gasteiger partial charge in [0.05, 0.1) is 10.8 Å². The minimum absolute atomic E-state index is 0.0298. The second-order valence-electron chi connectivity index (χ2n) is 5.02. The Morgan fingerprint density at radius 3 is 2.40 bits per heavy atom. The van der Waals surface area contributed by atoms with Crippen molar-refractivity contribution in [3.05, 3.63) is 36.4 Å². The third-order valence-corrected chi connectivity index (χ3v) is 5.50. The van der Waals surface area contributed by atoms with Gasteiger partial charge in [0.2, 0.25) is 10.0 Å². The van der Waals surface area contributed by atoms with Gasteiger partial charge in [-0.05, 0) is 23.6 Å². The number of carbonyl (C=O) groups is 1. The van der Waals surface area contributed by atoms with Crippen molar-refractivity contribution in [3.63, 3.8) is 0 Å². The minimum Gasteiger partial charge on any atom is -0.481 e. The van der Waals surface area contributed by atoms with Crippen molar-refractivity contribution in [3.8, 4) is 0 Å². The Bertz CT molecular complexity index is 621. The maximum atomic E-state index is 12.5. The summed E-state index contributed by atoms with van der Waals surface area (Å²) in [5.41, 5.74) is 0.835. The molecule has 1 fully saturated rings. The molecule has 1 heterocycles. The first-order chi connectivity index (χ1) is 9.36. The third-order valence-electron chi connectivity index (χ3n) is 3.65. The maximum absolute atomic E-state index is 12.5. The Hall–Kier alpha value is -1.66. The van der Waals surface area contributed by atoms with Gasteiger partial charge in [0.1, 0.15) is 0 Å². The lowest BCUT2D eigenvalue weighted by Crippen LogP contribution is -2.30. The van der Waals surface area contributed by atoms with Gasteiger partial charge < -0.3 is 5.11 Å². The van der Waals surface area contributed by atoms with Gasteiger partial charge in [-0.3, -0.25) is 4.79 Å². The SMILES string of the molecule is C=Cc1ccc(S(=O)(=O)N2C[C@@H](C)[C@H](C(=O)O)C2)cc1. The molecule has 1 N–H and O–H groups in total. The van der Waals surface area contributed by atoms with Crippen LogP contribution in [0.1, 0.15) is 12.5 Å². The van der Waals surface area contributed by atoms with Crippen LogP contribution < -0.4 is 0 Å². The van der Waals surface area contributed by atoms with Crippen LogP contribution in [0.2, 0.25) is 0 Å². The van der Waals surface area contributed by atoms with Gasteiger partial charge in [0.25, 0.3) is 0 Å². The van der Waals surface area contributed by atoms with Gasteiger partial charge in [-0.15, -0.1) is 0 Å². The van der Waals surface area contributed by atoms with Crippen molar-refractivity contribution in [2.75, 3.05) is 13.1 Å². The first-order valence-corrected chi connectivity index (χ1v) is 7.75. The largest absolute Gasteiger partial charge is 0.481 e. The van der Waals surface area contributed by atoms with E-state index in [-0.39, 0.29) is 23.9 Å². The molecular formula is C14H17NO4S. The van der Waals surface area contributed by atoms with Crippen LogP contribution in [0.5, 0.6) is 0 Å². The molecule has 1 aromatic carbocycles. The number of sulfonamides is 1. The first-order valence-electron chi connectivity index (χ1n) is 6.31. The molecule has 0 unspecified atom stereocenters. The Balaban J connectivity index is 2.27. The Morgan fingerprint density at radius 2 is 1.95 bits per heavy atom. The van der Waals surface area contributed by atoms with E-state index in [1.807, 2.05) is 0 Å². The van der Waals surface area contributed by atoms with E-state index in [0.29, 0.717) is 0 Å². The Morgan fingerprint density at radius 1 is 1.35 bits per heavy atom. The van der Waals surface area contributed by atoms with Gasteiger partial charge in [-0.1, -0.05) is 31.7 Å². The zero-order valence-corrected chi connectivity index (χ0v) is 12.0. The molecule has 0 spiro atoms. The van der Waals surface area contributed by atoms with Gasteiger partial charge in [0.15, 0.2) is 0 Å². The van der Waals surface area contributed by atoms with Gasteiger partial charge in [0, 0.05) is 13.1 Å². The lowest BCUT2D eigenvalue weighted by molar-refractivity contribution is -0.142. The molecule has 1 aromatic rings. The second-order valence-corrected chi connectivity index (χ2v) is 6.96. The van der Waals surface area contributed by atoms with Crippen molar-refractivity contribution >= 4 is 22.1 Å². The van der Waals surface area contributed by atoms with Crippen LogP contribution in [0.25, 0.3) is 6.08 Å². The molecule has 0 radical (unpaired) electrons. The van der Waals surface area contributed by atoms with Crippen LogP contribution >= 0.6 is 0 Å². The van der Waals surface area contributed by atoms with E-state index in [1.54, 1.807) is 25.1 Å². The van der Waals surface area contributed by atoms with E-state index < -0.39 is 21.9 Å². The number of carboxylic acid groups (broad SMARTS) is 1. The highest BCUT2D eigenvalue weighted by molar-refractivity contribution is 7.89. The fourth-order valence-electron chi connectivity index (χ4n) is 2.36. The summed E-state index contributed by atoms with van der Waals surface area (Å²) in [6.45, 7) is 5.64. The van der Waals surface area contributed by atoms with Crippen LogP contribution in [-0.2, 0) is 14.8 Å². The number of nitrogens with zero attached hydrogens (tertiary/aromatic N) is 1. The highest BCUT2D eigenvalue weighted by Crippen LogP contribution is 2.28. The van der Waals surface area contributed by atoms with Gasteiger partial charge >= 0.3 is 5.97 Å². The van der Waals surface area contributed by atoms with Gasteiger partial charge in [-0.2, -0.15) is 4.31 Å². The molecule has 1 saturated heterocycles. The van der Waals surface area contributed by atoms with Gasteiger partial charge in [-0.25, -0.2) is 8.42 Å². The Labute approximate surface area is 118 Å². The predicted octanol–water partition coefficient (Wildman–Crippen LogP) is 1.67. The molecule has 6 heteroatoms. The lowest BCUT2D eigenvalue weighted by atomic mass is 9.99. The topological polar surface area (TPSA) is 74.7 Å². The van der Waals surface area contributed by atoms with E-state index in [9.17, 15) is 13.2 Å². The monoisotopic (exact) mass is 295 g/mol. The van der Waals surface area contributed by atoms with Crippen LogP contribution in [0.3, 0.4) is 0 Å². The summed E-state index contributed by atoms with van der Waals surface area (Å²) in [5.74, 6) is -1.77. The van der Waals surface area contributed by atoms with Crippen molar-refractivity contribution in [1.82, 2.24) is 4.31 Å². The van der Waals surface area contributed by atoms with Crippen molar-refractivity contribution in [2.24, 2.45) is 11.8 Å². The summed E-state index contributed by atoms with van der Waals surface area (Å²) in [4.78, 5) is 11.3. The van der Waals surface area contributed by atoms with E-state index >= 15 is 0 Å². The maximum Gasteiger partial charge on any atom is 0.308 e. The molecule has 1 aliphatic rings. The molecule has 5 nitrogen and oxygen atoms in total. The minimum atomic E-state index is -3.63. The summed E-state index contributed by atoms with van der Waals surface area (Å²) in [7, 11) is -3.63. The van der Waals surface area contributed by atoms with Crippen LogP contribution in [-0.4, -0.2) is 36.9 Å². The number of aliphatic carboxylic acids is 1. The molecule has 1 aliphatic heterocycles. The van der Waals surface area contributed by atoms with E-state index in [4.69, 9.17) is 5.11 Å². The molecular weight excluding hydrogens is 278 g/mol. The summed E-state index contributed by atoms with van der Waals surface area (Å²) in [6.07, 6.45) is 1.63. The third kappa shape index (κ3) is 2.62. The number of rotatable bonds is 4. The van der Waals surface area contributed by atoms with Crippen molar-refractivity contribution in [1.29, 1.82) is 0 Å². The van der Waals surface area contributed by atoms with Crippen LogP contribution in [0, 0.1) is 11.8 Å². The molecule has 20 heavy (non-hydrogen) atoms. The highest BCUT2D eigenvalue weighted by atomic mass is 32.2. The second kappa shape index (κ2) is 5.38. The highest BCUT2D eigenvalue weighted by Gasteiger charge is 2.40. The van der Waals surface area contributed by atoms with Crippen LogP contribution in [0.4, 0.5) is 0 Å². The number of hydrogen-bond donors (Lipinski definition) is 1. The molecule has 0 aromatic heterocycles. The lowest BCUT2D eigenvalue weighted by Gasteiger charge is -2.16. The predicted molar refractivity (Wildman–Crippen MR) is 75.6 cm³/mol. The molecule has 108 valence electrons. The fourth-order valence-corrected chi connectivity index (χ4v) is 3.93. The normalized spacial score (nSPS) is 23.6. The van der Waals surface area contributed by atoms with E-state index in [2.05, 4.69) is 6.58 Å². The standard InChI is InChI=1S/C14H17NO4S/c1-3-11-4-6-12(7-5-11)20(18,19)15-8-10(2)13(9-15)14(16)17/h3-7,10,13H,1,8-9H2,2H3,(H,16,17)/t10-,13-/m1/s1. The zero-order chi connectivity index (χ0) is 14.9. The Kier molecular flexibility index (Phi) is 3.96. The molecule has 0 saturated carbocycles. The van der Waals surface area contributed by atoms with Crippen molar-refractivity contribution in [2.45, 2.75) is 11.8 Å². The van der Waals surface area contributed by atoms with E-state index in [1.165, 1.54) is 16.4 Å². The fraction of sp³-hybridized carbons (Fsp3) is 0.357. The average molecular weight is 295 g/mol. The summed E-state index contributed by atoms with van der Waals surface area (Å²) in [6, 6.07) is 6.39. The number of hydrogen-bond acceptors (Lipinski definition) is 3. The van der Waals surface area contributed by atoms with Crippen molar-refractivity contribution < 1.29 is 18.3 Å². The summed E-state index contributed by atoms with van der Waals surface area (Å²) >= 11 is 0. The van der Waals surface area contributed by atoms with E-state index in [0.717, 1.165) is 5.56 Å². The molecule has 2 rings (SSSR count).